The summed E-state index contributed by atoms with van der Waals surface area (Å²) >= 11 is 0. The van der Waals surface area contributed by atoms with Crippen LogP contribution in [0.5, 0.6) is 0 Å². The van der Waals surface area contributed by atoms with Crippen LogP contribution in [-0.2, 0) is 14.3 Å². The van der Waals surface area contributed by atoms with E-state index in [1.165, 1.54) is 20.1 Å². The molecule has 1 N–H and O–H groups in total. The molecule has 8 nitrogen and oxygen atoms in total. The van der Waals surface area contributed by atoms with Crippen molar-refractivity contribution >= 4 is 29.5 Å². The van der Waals surface area contributed by atoms with Gasteiger partial charge < -0.3 is 19.7 Å². The van der Waals surface area contributed by atoms with E-state index in [1.54, 1.807) is 22.8 Å². The van der Waals surface area contributed by atoms with E-state index in [9.17, 15) is 9.18 Å². The van der Waals surface area contributed by atoms with E-state index < -0.39 is 0 Å². The monoisotopic (exact) mass is 413 g/mol. The van der Waals surface area contributed by atoms with Gasteiger partial charge in [-0.2, -0.15) is 4.52 Å². The topological polar surface area (TPSA) is 88.8 Å². The molecule has 0 spiro atoms. The number of ether oxygens (including phenoxy) is 1. The summed E-state index contributed by atoms with van der Waals surface area (Å²) in [6.45, 7) is 2.24. The van der Waals surface area contributed by atoms with Gasteiger partial charge in [-0.1, -0.05) is 12.1 Å². The van der Waals surface area contributed by atoms with Gasteiger partial charge in [0, 0.05) is 13.7 Å². The van der Waals surface area contributed by atoms with Crippen molar-refractivity contribution < 1.29 is 18.7 Å². The van der Waals surface area contributed by atoms with Crippen LogP contribution in [0.4, 0.5) is 16.0 Å². The number of anilines is 2. The molecular formula is C21H24FN5O3. The minimum atomic E-state index is -0.273. The van der Waals surface area contributed by atoms with E-state index in [0.29, 0.717) is 11.5 Å². The first-order valence-corrected chi connectivity index (χ1v) is 9.62. The standard InChI is InChI=1S/C19H20FN5O2.C2H4O/c1-27-12-19(26)22-18-11-21-16-7-8-17(23-25(16)18)24-9-3-6-15(24)13-4-2-5-14(20)10-13;1-2-3/h2,4-5,7-8,10-11,15H,3,6,9,12H2,1H3,(H,22,26);2H,1H3/t15-;/m1./s1. The average Bonchev–Trinajstić information content (AvgIpc) is 3.36. The molecule has 3 aromatic rings. The second-order valence-corrected chi connectivity index (χ2v) is 6.73. The maximum absolute atomic E-state index is 13.7. The molecule has 2 aromatic heterocycles. The predicted molar refractivity (Wildman–Crippen MR) is 111 cm³/mol. The number of aromatic nitrogens is 3. The third kappa shape index (κ3) is 4.80. The highest BCUT2D eigenvalue weighted by Gasteiger charge is 2.28. The fourth-order valence-electron chi connectivity index (χ4n) is 3.51. The highest BCUT2D eigenvalue weighted by molar-refractivity contribution is 5.91. The van der Waals surface area contributed by atoms with Gasteiger partial charge in [0.1, 0.15) is 24.5 Å². The molecule has 1 aliphatic rings. The van der Waals surface area contributed by atoms with Crippen LogP contribution >= 0.6 is 0 Å². The van der Waals surface area contributed by atoms with E-state index in [0.717, 1.165) is 37.1 Å². The van der Waals surface area contributed by atoms with E-state index in [4.69, 9.17) is 9.53 Å². The number of hydrogen-bond acceptors (Lipinski definition) is 6. The van der Waals surface area contributed by atoms with Crippen molar-refractivity contribution in [3.63, 3.8) is 0 Å². The largest absolute Gasteiger partial charge is 0.375 e. The van der Waals surface area contributed by atoms with Crippen LogP contribution in [0.2, 0.25) is 0 Å². The molecule has 0 bridgehead atoms. The van der Waals surface area contributed by atoms with Crippen LogP contribution in [0.15, 0.2) is 42.6 Å². The molecule has 1 atom stereocenters. The molecule has 1 aliphatic heterocycles. The van der Waals surface area contributed by atoms with Crippen LogP contribution in [0.3, 0.4) is 0 Å². The van der Waals surface area contributed by atoms with E-state index in [-0.39, 0.29) is 24.4 Å². The Bertz CT molecular complexity index is 1020. The number of fused-ring (bicyclic) bond motifs is 1. The van der Waals surface area contributed by atoms with Gasteiger partial charge in [0.05, 0.1) is 12.2 Å². The van der Waals surface area contributed by atoms with Crippen molar-refractivity contribution in [2.45, 2.75) is 25.8 Å². The molecule has 9 heteroatoms. The minimum Gasteiger partial charge on any atom is -0.375 e. The SMILES string of the molecule is CC=O.COCC(=O)Nc1cnc2ccc(N3CCC[C@@H]3c3cccc(F)c3)nn12. The maximum Gasteiger partial charge on any atom is 0.251 e. The molecule has 0 aliphatic carbocycles. The maximum atomic E-state index is 13.7. The number of aldehydes is 1. The molecule has 0 unspecified atom stereocenters. The Morgan fingerprint density at radius 3 is 2.90 bits per heavy atom. The molecule has 158 valence electrons. The number of amides is 1. The Balaban J connectivity index is 0.000000806. The van der Waals surface area contributed by atoms with Crippen molar-refractivity contribution in [1.29, 1.82) is 0 Å². The Morgan fingerprint density at radius 1 is 1.37 bits per heavy atom. The lowest BCUT2D eigenvalue weighted by Crippen LogP contribution is -2.24. The molecule has 0 radical (unpaired) electrons. The van der Waals surface area contributed by atoms with Gasteiger partial charge >= 0.3 is 0 Å². The first kappa shape index (κ1) is 21.4. The average molecular weight is 413 g/mol. The van der Waals surface area contributed by atoms with E-state index in [1.807, 2.05) is 18.2 Å². The number of benzene rings is 1. The zero-order chi connectivity index (χ0) is 21.5. The Hall–Kier alpha value is -3.33. The highest BCUT2D eigenvalue weighted by atomic mass is 19.1. The van der Waals surface area contributed by atoms with E-state index in [2.05, 4.69) is 20.3 Å². The van der Waals surface area contributed by atoms with Crippen molar-refractivity contribution in [2.24, 2.45) is 0 Å². The molecule has 1 saturated heterocycles. The van der Waals surface area contributed by atoms with Crippen LogP contribution in [0, 0.1) is 5.82 Å². The lowest BCUT2D eigenvalue weighted by molar-refractivity contribution is -0.119. The summed E-state index contributed by atoms with van der Waals surface area (Å²) in [4.78, 5) is 27.0. The molecule has 4 rings (SSSR count). The number of nitrogens with zero attached hydrogens (tertiary/aromatic N) is 4. The molecule has 30 heavy (non-hydrogen) atoms. The first-order valence-electron chi connectivity index (χ1n) is 9.62. The fourth-order valence-corrected chi connectivity index (χ4v) is 3.51. The number of hydrogen-bond donors (Lipinski definition) is 1. The van der Waals surface area contributed by atoms with Crippen molar-refractivity contribution in [3.8, 4) is 0 Å². The van der Waals surface area contributed by atoms with Gasteiger partial charge in [-0.3, -0.25) is 4.79 Å². The van der Waals surface area contributed by atoms with Crippen LogP contribution in [0.1, 0.15) is 31.4 Å². The van der Waals surface area contributed by atoms with Crippen molar-refractivity contribution in [2.75, 3.05) is 30.5 Å². The molecule has 0 saturated carbocycles. The third-order valence-electron chi connectivity index (χ3n) is 4.67. The summed E-state index contributed by atoms with van der Waals surface area (Å²) in [5.74, 6) is 0.732. The predicted octanol–water partition coefficient (Wildman–Crippen LogP) is 3.00. The van der Waals surface area contributed by atoms with Crippen LogP contribution in [-0.4, -0.2) is 47.1 Å². The molecular weight excluding hydrogens is 389 g/mol. The third-order valence-corrected chi connectivity index (χ3v) is 4.67. The Labute approximate surface area is 173 Å². The van der Waals surface area contributed by atoms with Gasteiger partial charge in [-0.05, 0) is 49.6 Å². The van der Waals surface area contributed by atoms with Gasteiger partial charge in [-0.15, -0.1) is 5.10 Å². The number of methoxy groups -OCH3 is 1. The fraction of sp³-hybridized carbons (Fsp3) is 0.333. The lowest BCUT2D eigenvalue weighted by Gasteiger charge is -2.26. The number of rotatable bonds is 5. The zero-order valence-corrected chi connectivity index (χ0v) is 16.9. The summed E-state index contributed by atoms with van der Waals surface area (Å²) in [5, 5.41) is 7.40. The van der Waals surface area contributed by atoms with Crippen LogP contribution < -0.4 is 10.2 Å². The lowest BCUT2D eigenvalue weighted by atomic mass is 10.0. The first-order chi connectivity index (χ1) is 14.6. The van der Waals surface area contributed by atoms with Crippen LogP contribution in [0.25, 0.3) is 5.65 Å². The summed E-state index contributed by atoms with van der Waals surface area (Å²) in [6.07, 6.45) is 4.25. The number of imidazole rings is 1. The Kier molecular flexibility index (Phi) is 7.08. The molecule has 1 fully saturated rings. The second-order valence-electron chi connectivity index (χ2n) is 6.73. The van der Waals surface area contributed by atoms with Crippen molar-refractivity contribution in [1.82, 2.24) is 14.6 Å². The zero-order valence-electron chi connectivity index (χ0n) is 16.9. The number of carbonyl (C=O) groups is 2. The summed E-state index contributed by atoms with van der Waals surface area (Å²) in [6, 6.07) is 10.5. The molecule has 3 heterocycles. The summed E-state index contributed by atoms with van der Waals surface area (Å²) < 4.78 is 20.1. The second kappa shape index (κ2) is 9.93. The molecule has 1 aromatic carbocycles. The van der Waals surface area contributed by atoms with Gasteiger partial charge in [0.2, 0.25) is 0 Å². The van der Waals surface area contributed by atoms with E-state index >= 15 is 0 Å². The number of carbonyl (C=O) groups excluding carboxylic acids is 2. The normalized spacial score (nSPS) is 15.6. The quantitative estimate of drug-likeness (QED) is 0.647. The van der Waals surface area contributed by atoms with Crippen molar-refractivity contribution in [3.05, 3.63) is 54.0 Å². The smallest absolute Gasteiger partial charge is 0.251 e. The summed E-state index contributed by atoms with van der Waals surface area (Å²) in [5.41, 5.74) is 1.57. The number of nitrogens with one attached hydrogen (secondary N) is 1. The highest BCUT2D eigenvalue weighted by Crippen LogP contribution is 2.35. The van der Waals surface area contributed by atoms with Gasteiger partial charge in [-0.25, -0.2) is 9.37 Å². The van der Waals surface area contributed by atoms with Gasteiger partial charge in [0.25, 0.3) is 5.91 Å². The molecule has 1 amide bonds. The van der Waals surface area contributed by atoms with Gasteiger partial charge in [0.15, 0.2) is 11.5 Å². The number of halogens is 1. The minimum absolute atomic E-state index is 0.0410. The summed E-state index contributed by atoms with van der Waals surface area (Å²) in [7, 11) is 1.46. The Morgan fingerprint density at radius 2 is 2.17 bits per heavy atom.